The summed E-state index contributed by atoms with van der Waals surface area (Å²) in [4.78, 5) is 11.8. The third-order valence-electron chi connectivity index (χ3n) is 5.85. The van der Waals surface area contributed by atoms with Crippen molar-refractivity contribution in [1.82, 2.24) is 0 Å². The van der Waals surface area contributed by atoms with E-state index >= 15 is 0 Å². The van der Waals surface area contributed by atoms with E-state index in [9.17, 15) is 23.1 Å². The third kappa shape index (κ3) is 7.94. The van der Waals surface area contributed by atoms with E-state index in [1.807, 2.05) is 6.92 Å². The summed E-state index contributed by atoms with van der Waals surface area (Å²) in [5.74, 6) is 0.327. The molecule has 1 aromatic rings. The van der Waals surface area contributed by atoms with Gasteiger partial charge < -0.3 is 5.11 Å². The molecular weight excluding hydrogens is 365 g/mol. The van der Waals surface area contributed by atoms with Gasteiger partial charge in [-0.2, -0.15) is 13.2 Å². The molecule has 5 heteroatoms. The zero-order valence-corrected chi connectivity index (χ0v) is 17.7. The molecule has 0 spiro atoms. The van der Waals surface area contributed by atoms with Crippen LogP contribution in [0.2, 0.25) is 0 Å². The Morgan fingerprint density at radius 1 is 1.00 bits per heavy atom. The van der Waals surface area contributed by atoms with Crippen LogP contribution in [0.3, 0.4) is 0 Å². The summed E-state index contributed by atoms with van der Waals surface area (Å²) in [5, 5.41) is 10.3. The zero-order valence-electron chi connectivity index (χ0n) is 17.7. The number of ketones is 1. The number of aliphatic hydroxyl groups is 1. The number of Topliss-reactive ketones (excluding diaryl/α,β-unsaturated/α-hetero) is 1. The lowest BCUT2D eigenvalue weighted by Crippen LogP contribution is -2.42. The summed E-state index contributed by atoms with van der Waals surface area (Å²) in [6.45, 7) is 7.81. The van der Waals surface area contributed by atoms with Crippen LogP contribution in [-0.2, 0) is 11.2 Å². The SMILES string of the molecule is CCCC1(O)CCC(CCC)(C(C)=O)CC1.Cc1ccc(CC(F)(F)F)cc1. The topological polar surface area (TPSA) is 37.3 Å². The van der Waals surface area contributed by atoms with Crippen LogP contribution in [-0.4, -0.2) is 22.7 Å². The van der Waals surface area contributed by atoms with Crippen molar-refractivity contribution in [2.45, 2.75) is 97.3 Å². The molecule has 1 saturated carbocycles. The van der Waals surface area contributed by atoms with Crippen molar-refractivity contribution >= 4 is 5.78 Å². The van der Waals surface area contributed by atoms with E-state index in [-0.39, 0.29) is 5.41 Å². The van der Waals surface area contributed by atoms with Crippen molar-refractivity contribution in [3.8, 4) is 0 Å². The zero-order chi connectivity index (χ0) is 21.4. The van der Waals surface area contributed by atoms with Crippen molar-refractivity contribution in [1.29, 1.82) is 0 Å². The third-order valence-corrected chi connectivity index (χ3v) is 5.85. The fourth-order valence-corrected chi connectivity index (χ4v) is 4.10. The van der Waals surface area contributed by atoms with Crippen LogP contribution in [0, 0.1) is 12.3 Å². The van der Waals surface area contributed by atoms with Crippen LogP contribution in [0.4, 0.5) is 13.2 Å². The first-order valence-corrected chi connectivity index (χ1v) is 10.3. The van der Waals surface area contributed by atoms with Crippen LogP contribution < -0.4 is 0 Å². The summed E-state index contributed by atoms with van der Waals surface area (Å²) >= 11 is 0. The van der Waals surface area contributed by atoms with Gasteiger partial charge in [-0.25, -0.2) is 0 Å². The molecule has 28 heavy (non-hydrogen) atoms. The van der Waals surface area contributed by atoms with E-state index in [0.29, 0.717) is 11.3 Å². The van der Waals surface area contributed by atoms with Crippen LogP contribution in [0.25, 0.3) is 0 Å². The number of halogens is 3. The minimum Gasteiger partial charge on any atom is -0.390 e. The normalized spacial score (nSPS) is 25.0. The Balaban J connectivity index is 0.000000292. The Labute approximate surface area is 167 Å². The number of benzene rings is 1. The number of alkyl halides is 3. The maximum absolute atomic E-state index is 11.8. The molecule has 1 aromatic carbocycles. The maximum Gasteiger partial charge on any atom is 0.393 e. The fourth-order valence-electron chi connectivity index (χ4n) is 4.10. The summed E-state index contributed by atoms with van der Waals surface area (Å²) < 4.78 is 35.5. The van der Waals surface area contributed by atoms with E-state index in [0.717, 1.165) is 56.9 Å². The Kier molecular flexibility index (Phi) is 9.19. The van der Waals surface area contributed by atoms with Gasteiger partial charge in [-0.15, -0.1) is 0 Å². The average molecular weight is 401 g/mol. The first kappa shape index (κ1) is 24.7. The second-order valence-electron chi connectivity index (χ2n) is 8.34. The highest BCUT2D eigenvalue weighted by atomic mass is 19.4. The van der Waals surface area contributed by atoms with Crippen molar-refractivity contribution in [2.75, 3.05) is 0 Å². The van der Waals surface area contributed by atoms with Crippen molar-refractivity contribution in [2.24, 2.45) is 5.41 Å². The predicted octanol–water partition coefficient (Wildman–Crippen LogP) is 6.57. The molecule has 0 aromatic heterocycles. The fraction of sp³-hybridized carbons (Fsp3) is 0.696. The molecule has 0 saturated heterocycles. The van der Waals surface area contributed by atoms with Gasteiger partial charge in [0.05, 0.1) is 12.0 Å². The lowest BCUT2D eigenvalue weighted by Gasteiger charge is -2.42. The maximum atomic E-state index is 11.8. The molecule has 160 valence electrons. The van der Waals surface area contributed by atoms with Gasteiger partial charge in [-0.1, -0.05) is 56.5 Å². The van der Waals surface area contributed by atoms with Gasteiger partial charge in [-0.3, -0.25) is 4.79 Å². The number of aryl methyl sites for hydroxylation is 1. The quantitative estimate of drug-likeness (QED) is 0.586. The lowest BCUT2D eigenvalue weighted by atomic mass is 9.64. The number of hydrogen-bond donors (Lipinski definition) is 1. The van der Waals surface area contributed by atoms with Crippen LogP contribution in [0.1, 0.15) is 83.3 Å². The molecule has 0 aliphatic heterocycles. The van der Waals surface area contributed by atoms with Crippen molar-refractivity contribution in [3.63, 3.8) is 0 Å². The van der Waals surface area contributed by atoms with Crippen molar-refractivity contribution < 1.29 is 23.1 Å². The van der Waals surface area contributed by atoms with Gasteiger partial charge in [0.2, 0.25) is 0 Å². The minimum atomic E-state index is -4.10. The largest absolute Gasteiger partial charge is 0.393 e. The van der Waals surface area contributed by atoms with Crippen LogP contribution >= 0.6 is 0 Å². The van der Waals surface area contributed by atoms with E-state index in [1.165, 1.54) is 12.1 Å². The molecular formula is C23H35F3O2. The monoisotopic (exact) mass is 400 g/mol. The Morgan fingerprint density at radius 3 is 1.89 bits per heavy atom. The van der Waals surface area contributed by atoms with E-state index in [2.05, 4.69) is 13.8 Å². The van der Waals surface area contributed by atoms with E-state index in [1.54, 1.807) is 19.1 Å². The highest BCUT2D eigenvalue weighted by Gasteiger charge is 2.43. The molecule has 0 bridgehead atoms. The second-order valence-corrected chi connectivity index (χ2v) is 8.34. The summed E-state index contributed by atoms with van der Waals surface area (Å²) in [6, 6.07) is 6.37. The molecule has 0 heterocycles. The minimum absolute atomic E-state index is 0.116. The first-order chi connectivity index (χ1) is 13.0. The van der Waals surface area contributed by atoms with Crippen LogP contribution in [0.15, 0.2) is 24.3 Å². The summed E-state index contributed by atoms with van der Waals surface area (Å²) in [7, 11) is 0. The average Bonchev–Trinajstić information content (AvgIpc) is 2.59. The van der Waals surface area contributed by atoms with Gasteiger partial charge in [0.1, 0.15) is 5.78 Å². The molecule has 2 rings (SSSR count). The molecule has 0 atom stereocenters. The van der Waals surface area contributed by atoms with E-state index in [4.69, 9.17) is 0 Å². The van der Waals surface area contributed by atoms with E-state index < -0.39 is 18.2 Å². The standard InChI is InChI=1S/C14H26O2.C9H9F3/c1-4-6-13(12(3)15)8-10-14(16,7-5-2)11-9-13;1-7-2-4-8(5-3-7)6-9(10,11)12/h16H,4-11H2,1-3H3;2-5H,6H2,1H3. The molecule has 1 N–H and O–H groups in total. The van der Waals surface area contributed by atoms with Gasteiger partial charge in [-0.05, 0) is 57.9 Å². The molecule has 1 aliphatic rings. The molecule has 1 aliphatic carbocycles. The summed E-state index contributed by atoms with van der Waals surface area (Å²) in [5.41, 5.74) is 0.685. The molecule has 0 amide bonds. The number of hydrogen-bond acceptors (Lipinski definition) is 2. The first-order valence-electron chi connectivity index (χ1n) is 10.3. The second kappa shape index (κ2) is 10.4. The van der Waals surface area contributed by atoms with Gasteiger partial charge in [0.15, 0.2) is 0 Å². The van der Waals surface area contributed by atoms with Crippen LogP contribution in [0.5, 0.6) is 0 Å². The molecule has 0 unspecified atom stereocenters. The number of rotatable bonds is 6. The van der Waals surface area contributed by atoms with Crippen molar-refractivity contribution in [3.05, 3.63) is 35.4 Å². The number of carbonyl (C=O) groups is 1. The van der Waals surface area contributed by atoms with Gasteiger partial charge >= 0.3 is 6.18 Å². The smallest absolute Gasteiger partial charge is 0.390 e. The highest BCUT2D eigenvalue weighted by molar-refractivity contribution is 5.82. The molecule has 1 fully saturated rings. The number of carbonyl (C=O) groups excluding carboxylic acids is 1. The van der Waals surface area contributed by atoms with Gasteiger partial charge in [0, 0.05) is 5.41 Å². The summed E-state index contributed by atoms with van der Waals surface area (Å²) in [6.07, 6.45) is 2.39. The Morgan fingerprint density at radius 2 is 1.50 bits per heavy atom. The lowest BCUT2D eigenvalue weighted by molar-refractivity contribution is -0.133. The highest BCUT2D eigenvalue weighted by Crippen LogP contribution is 2.46. The molecule has 0 radical (unpaired) electrons. The Hall–Kier alpha value is -1.36. The Bertz CT molecular complexity index is 597. The molecule has 2 nitrogen and oxygen atoms in total. The van der Waals surface area contributed by atoms with Gasteiger partial charge in [0.25, 0.3) is 0 Å². The predicted molar refractivity (Wildman–Crippen MR) is 107 cm³/mol.